The van der Waals surface area contributed by atoms with Crippen molar-refractivity contribution in [1.29, 1.82) is 0 Å². The second-order valence-corrected chi connectivity index (χ2v) is 6.57. The fourth-order valence-electron chi connectivity index (χ4n) is 3.42. The zero-order chi connectivity index (χ0) is 19.8. The summed E-state index contributed by atoms with van der Waals surface area (Å²) in [4.78, 5) is 8.32. The van der Waals surface area contributed by atoms with Gasteiger partial charge >= 0.3 is 0 Å². The van der Waals surface area contributed by atoms with Gasteiger partial charge in [0, 0.05) is 25.0 Å². The van der Waals surface area contributed by atoms with Gasteiger partial charge in [-0.15, -0.1) is 0 Å². The first kappa shape index (κ1) is 19.9. The molecule has 5 N–H and O–H groups in total. The fourth-order valence-corrected chi connectivity index (χ4v) is 3.42. The number of aliphatic hydroxyl groups excluding tert-OH is 2. The zero-order valence-corrected chi connectivity index (χ0v) is 15.6. The van der Waals surface area contributed by atoms with E-state index in [0.29, 0.717) is 29.8 Å². The van der Waals surface area contributed by atoms with Crippen LogP contribution in [0.25, 0.3) is 11.0 Å². The lowest BCUT2D eigenvalue weighted by Gasteiger charge is -2.27. The van der Waals surface area contributed by atoms with Crippen molar-refractivity contribution in [3.63, 3.8) is 0 Å². The normalized spacial score (nSPS) is 28.5. The largest absolute Gasteiger partial charge is 0.394 e. The molecule has 1 saturated heterocycles. The van der Waals surface area contributed by atoms with Crippen LogP contribution in [0.15, 0.2) is 12.5 Å². The molecule has 10 heteroatoms. The van der Waals surface area contributed by atoms with E-state index in [4.69, 9.17) is 19.9 Å². The molecule has 0 aliphatic carbocycles. The van der Waals surface area contributed by atoms with Gasteiger partial charge < -0.3 is 39.8 Å². The van der Waals surface area contributed by atoms with E-state index in [1.54, 1.807) is 10.8 Å². The number of nitrogens with two attached hydrogens (primary N) is 1. The molecule has 3 rings (SSSR count). The van der Waals surface area contributed by atoms with Crippen LogP contribution in [-0.4, -0.2) is 67.5 Å². The summed E-state index contributed by atoms with van der Waals surface area (Å²) in [5, 5.41) is 31.1. The third kappa shape index (κ3) is 3.28. The van der Waals surface area contributed by atoms with Crippen LogP contribution >= 0.6 is 0 Å². The summed E-state index contributed by atoms with van der Waals surface area (Å²) in [6, 6.07) is 0. The van der Waals surface area contributed by atoms with Crippen LogP contribution in [0.3, 0.4) is 0 Å². The topological polar surface area (TPSA) is 145 Å². The Labute approximate surface area is 156 Å². The van der Waals surface area contributed by atoms with Gasteiger partial charge in [-0.1, -0.05) is 0 Å². The highest BCUT2D eigenvalue weighted by Gasteiger charge is 2.53. The first-order valence-corrected chi connectivity index (χ1v) is 8.87. The quantitative estimate of drug-likeness (QED) is 0.489. The van der Waals surface area contributed by atoms with Gasteiger partial charge in [0.15, 0.2) is 12.5 Å². The van der Waals surface area contributed by atoms with Crippen molar-refractivity contribution in [2.45, 2.75) is 51.1 Å². The molecule has 150 valence electrons. The van der Waals surface area contributed by atoms with Crippen LogP contribution < -0.4 is 5.73 Å². The second kappa shape index (κ2) is 7.66. The molecular weight excluding hydrogens is 356 g/mol. The maximum absolute atomic E-state index is 10.8. The Bertz CT molecular complexity index is 789. The third-order valence-corrected chi connectivity index (χ3v) is 4.75. The Hall–Kier alpha value is -1.82. The third-order valence-electron chi connectivity index (χ3n) is 4.75. The van der Waals surface area contributed by atoms with Gasteiger partial charge in [-0.25, -0.2) is 9.97 Å². The zero-order valence-electron chi connectivity index (χ0n) is 15.6. The van der Waals surface area contributed by atoms with Crippen molar-refractivity contribution >= 4 is 16.9 Å². The smallest absolute Gasteiger partial charge is 0.186 e. The molecule has 0 bridgehead atoms. The molecule has 27 heavy (non-hydrogen) atoms. The van der Waals surface area contributed by atoms with Crippen LogP contribution in [0, 0.1) is 0 Å². The van der Waals surface area contributed by atoms with Crippen molar-refractivity contribution in [3.05, 3.63) is 18.1 Å². The minimum atomic E-state index is -1.66. The Balaban J connectivity index is 2.16. The van der Waals surface area contributed by atoms with Crippen molar-refractivity contribution in [2.75, 3.05) is 25.6 Å². The van der Waals surface area contributed by atoms with E-state index in [1.807, 2.05) is 13.8 Å². The number of hydrogen-bond acceptors (Lipinski definition) is 9. The van der Waals surface area contributed by atoms with Gasteiger partial charge in [-0.3, -0.25) is 0 Å². The van der Waals surface area contributed by atoms with Crippen LogP contribution in [0.1, 0.15) is 38.9 Å². The average molecular weight is 382 g/mol. The first-order valence-electron chi connectivity index (χ1n) is 8.87. The van der Waals surface area contributed by atoms with E-state index in [0.717, 1.165) is 0 Å². The van der Waals surface area contributed by atoms with Gasteiger partial charge in [0.1, 0.15) is 35.6 Å². The Morgan fingerprint density at radius 3 is 2.56 bits per heavy atom. The van der Waals surface area contributed by atoms with Crippen LogP contribution in [0.2, 0.25) is 0 Å². The lowest BCUT2D eigenvalue weighted by atomic mass is 9.96. The summed E-state index contributed by atoms with van der Waals surface area (Å²) >= 11 is 0. The van der Waals surface area contributed by atoms with E-state index in [9.17, 15) is 15.3 Å². The molecule has 1 aliphatic rings. The molecular formula is C17H26N4O6. The summed E-state index contributed by atoms with van der Waals surface area (Å²) in [5.74, 6) is 0.232. The SMILES string of the molecule is CCOC(OCC)c1cn(C2OC(CO)C(O)[C@@]2(C)O)c2ncnc(N)c12. The first-order chi connectivity index (χ1) is 12.9. The predicted molar refractivity (Wildman–Crippen MR) is 95.6 cm³/mol. The number of aromatic nitrogens is 3. The number of fused-ring (bicyclic) bond motifs is 1. The molecule has 0 aromatic carbocycles. The Morgan fingerprint density at radius 2 is 2.00 bits per heavy atom. The minimum Gasteiger partial charge on any atom is -0.394 e. The number of rotatable bonds is 7. The van der Waals surface area contributed by atoms with Crippen molar-refractivity contribution in [1.82, 2.24) is 14.5 Å². The number of anilines is 1. The van der Waals surface area contributed by atoms with E-state index in [-0.39, 0.29) is 5.82 Å². The molecule has 0 spiro atoms. The number of hydrogen-bond donors (Lipinski definition) is 4. The van der Waals surface area contributed by atoms with Crippen LogP contribution in [-0.2, 0) is 14.2 Å². The minimum absolute atomic E-state index is 0.232. The van der Waals surface area contributed by atoms with E-state index < -0.39 is 36.9 Å². The number of nitrogens with zero attached hydrogens (tertiary/aromatic N) is 3. The summed E-state index contributed by atoms with van der Waals surface area (Å²) in [5.41, 5.74) is 5.41. The molecule has 3 heterocycles. The number of aliphatic hydroxyl groups is 3. The second-order valence-electron chi connectivity index (χ2n) is 6.57. The van der Waals surface area contributed by atoms with E-state index in [2.05, 4.69) is 9.97 Å². The lowest BCUT2D eigenvalue weighted by Crippen LogP contribution is -2.44. The monoisotopic (exact) mass is 382 g/mol. The van der Waals surface area contributed by atoms with Crippen LogP contribution in [0.4, 0.5) is 5.82 Å². The molecule has 3 unspecified atom stereocenters. The molecule has 10 nitrogen and oxygen atoms in total. The molecule has 0 saturated carbocycles. The number of nitrogen functional groups attached to an aromatic ring is 1. The molecule has 1 aliphatic heterocycles. The summed E-state index contributed by atoms with van der Waals surface area (Å²) in [6.07, 6.45) is -0.946. The van der Waals surface area contributed by atoms with Gasteiger partial charge in [0.25, 0.3) is 0 Å². The number of ether oxygens (including phenoxy) is 3. The van der Waals surface area contributed by atoms with E-state index in [1.165, 1.54) is 13.3 Å². The maximum Gasteiger partial charge on any atom is 0.186 e. The summed E-state index contributed by atoms with van der Waals surface area (Å²) in [6.45, 7) is 5.52. The highest BCUT2D eigenvalue weighted by atomic mass is 16.7. The van der Waals surface area contributed by atoms with Gasteiger partial charge in [-0.2, -0.15) is 0 Å². The molecule has 0 amide bonds. The lowest BCUT2D eigenvalue weighted by molar-refractivity contribution is -0.140. The highest BCUT2D eigenvalue weighted by Crippen LogP contribution is 2.42. The highest BCUT2D eigenvalue weighted by molar-refractivity contribution is 5.90. The molecule has 1 fully saturated rings. The summed E-state index contributed by atoms with van der Waals surface area (Å²) in [7, 11) is 0. The van der Waals surface area contributed by atoms with Crippen LogP contribution in [0.5, 0.6) is 0 Å². The molecule has 2 aromatic rings. The standard InChI is InChI=1S/C17H26N4O6/c1-4-25-15(26-5-2)9-6-21(14-11(9)13(18)19-8-20-14)16-17(3,24)12(23)10(7-22)27-16/h6,8,10,12,15-16,22-24H,4-5,7H2,1-3H3,(H2,18,19,20)/t10?,12?,16?,17-/m1/s1. The molecule has 4 atom stereocenters. The maximum atomic E-state index is 10.8. The molecule has 2 aromatic heterocycles. The Morgan fingerprint density at radius 1 is 1.33 bits per heavy atom. The van der Waals surface area contributed by atoms with Crippen molar-refractivity contribution in [2.24, 2.45) is 0 Å². The van der Waals surface area contributed by atoms with Gasteiger partial charge in [0.05, 0.1) is 12.0 Å². The fraction of sp³-hybridized carbons (Fsp3) is 0.647. The van der Waals surface area contributed by atoms with Gasteiger partial charge in [0.2, 0.25) is 0 Å². The predicted octanol–water partition coefficient (Wildman–Crippen LogP) is 0.0867. The molecule has 0 radical (unpaired) electrons. The Kier molecular flexibility index (Phi) is 5.65. The van der Waals surface area contributed by atoms with Gasteiger partial charge in [-0.05, 0) is 20.8 Å². The van der Waals surface area contributed by atoms with Crippen molar-refractivity contribution < 1.29 is 29.5 Å². The average Bonchev–Trinajstić information content (AvgIpc) is 3.12. The summed E-state index contributed by atoms with van der Waals surface area (Å²) < 4.78 is 18.6. The van der Waals surface area contributed by atoms with Crippen molar-refractivity contribution in [3.8, 4) is 0 Å². The van der Waals surface area contributed by atoms with E-state index >= 15 is 0 Å².